The standard InChI is InChI=1S/C6H5NO2S.Na/c8-3-1-5(9)6-7-2-4-10-6;/h1-4,8H;/q;+1/p-1/b3-1+;. The molecule has 0 atom stereocenters. The molecule has 0 radical (unpaired) electrons. The minimum atomic E-state index is -0.329. The zero-order valence-electron chi connectivity index (χ0n) is 5.98. The van der Waals surface area contributed by atoms with E-state index in [-0.39, 0.29) is 35.3 Å². The van der Waals surface area contributed by atoms with Gasteiger partial charge in [0.05, 0.1) is 0 Å². The van der Waals surface area contributed by atoms with E-state index in [9.17, 15) is 9.90 Å². The molecule has 0 saturated carbocycles. The van der Waals surface area contributed by atoms with Crippen molar-refractivity contribution in [1.29, 1.82) is 0 Å². The fourth-order valence-corrected chi connectivity index (χ4v) is 1.03. The SMILES string of the molecule is O=C(/C=C/[O-])c1nccs1.[Na+]. The van der Waals surface area contributed by atoms with Gasteiger partial charge in [-0.05, 0) is 6.08 Å². The quantitative estimate of drug-likeness (QED) is 0.212. The van der Waals surface area contributed by atoms with Crippen molar-refractivity contribution >= 4 is 17.1 Å². The van der Waals surface area contributed by atoms with Crippen LogP contribution in [0.1, 0.15) is 9.80 Å². The molecule has 52 valence electrons. The van der Waals surface area contributed by atoms with Crippen LogP contribution >= 0.6 is 11.3 Å². The molecule has 11 heavy (non-hydrogen) atoms. The van der Waals surface area contributed by atoms with Gasteiger partial charge in [0, 0.05) is 11.6 Å². The van der Waals surface area contributed by atoms with Crippen LogP contribution in [-0.4, -0.2) is 10.8 Å². The van der Waals surface area contributed by atoms with E-state index in [4.69, 9.17) is 0 Å². The zero-order chi connectivity index (χ0) is 7.40. The molecule has 0 aliphatic carbocycles. The third-order valence-corrected chi connectivity index (χ3v) is 1.65. The predicted molar refractivity (Wildman–Crippen MR) is 35.6 cm³/mol. The van der Waals surface area contributed by atoms with E-state index in [1.807, 2.05) is 0 Å². The minimum absolute atomic E-state index is 0. The molecule has 0 aliphatic rings. The maximum absolute atomic E-state index is 10.8. The topological polar surface area (TPSA) is 53.0 Å². The van der Waals surface area contributed by atoms with Gasteiger partial charge in [-0.15, -0.1) is 17.6 Å². The van der Waals surface area contributed by atoms with E-state index in [1.165, 1.54) is 17.5 Å². The van der Waals surface area contributed by atoms with Crippen LogP contribution < -0.4 is 34.7 Å². The van der Waals surface area contributed by atoms with Gasteiger partial charge in [-0.3, -0.25) is 4.79 Å². The van der Waals surface area contributed by atoms with Crippen molar-refractivity contribution in [1.82, 2.24) is 4.98 Å². The van der Waals surface area contributed by atoms with Gasteiger partial charge < -0.3 is 5.11 Å². The zero-order valence-corrected chi connectivity index (χ0v) is 8.80. The Bertz CT molecular complexity index is 245. The summed E-state index contributed by atoms with van der Waals surface area (Å²) in [5, 5.41) is 11.9. The van der Waals surface area contributed by atoms with Crippen LogP contribution in [-0.2, 0) is 0 Å². The number of hydrogen-bond acceptors (Lipinski definition) is 4. The van der Waals surface area contributed by atoms with Crippen LogP contribution in [0.2, 0.25) is 0 Å². The van der Waals surface area contributed by atoms with Crippen LogP contribution in [0.25, 0.3) is 0 Å². The van der Waals surface area contributed by atoms with Crippen LogP contribution in [0.4, 0.5) is 0 Å². The Morgan fingerprint density at radius 1 is 1.73 bits per heavy atom. The summed E-state index contributed by atoms with van der Waals surface area (Å²) in [6, 6.07) is 0. The van der Waals surface area contributed by atoms with Gasteiger partial charge in [0.15, 0.2) is 5.01 Å². The monoisotopic (exact) mass is 177 g/mol. The number of carbonyl (C=O) groups excluding carboxylic acids is 1. The normalized spacial score (nSPS) is 9.45. The Hall–Kier alpha value is -0.160. The van der Waals surface area contributed by atoms with Crippen LogP contribution in [0.5, 0.6) is 0 Å². The fraction of sp³-hybridized carbons (Fsp3) is 0. The Morgan fingerprint density at radius 2 is 2.45 bits per heavy atom. The van der Waals surface area contributed by atoms with Gasteiger partial charge in [-0.1, -0.05) is 0 Å². The second-order valence-corrected chi connectivity index (χ2v) is 2.40. The summed E-state index contributed by atoms with van der Waals surface area (Å²) in [4.78, 5) is 14.5. The molecule has 0 unspecified atom stereocenters. The van der Waals surface area contributed by atoms with Crippen molar-refractivity contribution in [2.45, 2.75) is 0 Å². The molecule has 1 rings (SSSR count). The Balaban J connectivity index is 0.000001000. The van der Waals surface area contributed by atoms with Crippen molar-refractivity contribution in [3.05, 3.63) is 28.9 Å². The molecule has 0 bridgehead atoms. The van der Waals surface area contributed by atoms with Crippen LogP contribution in [0.3, 0.4) is 0 Å². The summed E-state index contributed by atoms with van der Waals surface area (Å²) in [6.45, 7) is 0. The van der Waals surface area contributed by atoms with Crippen molar-refractivity contribution in [3.8, 4) is 0 Å². The molecule has 5 heteroatoms. The second-order valence-electron chi connectivity index (χ2n) is 1.50. The number of hydrogen-bond donors (Lipinski definition) is 0. The van der Waals surface area contributed by atoms with Crippen molar-refractivity contribution in [3.63, 3.8) is 0 Å². The van der Waals surface area contributed by atoms with Gasteiger partial charge in [0.2, 0.25) is 5.78 Å². The predicted octanol–water partition coefficient (Wildman–Crippen LogP) is -2.80. The Kier molecular flexibility index (Phi) is 5.41. The molecule has 1 aromatic heterocycles. The van der Waals surface area contributed by atoms with Gasteiger partial charge in [0.1, 0.15) is 0 Å². The summed E-state index contributed by atoms with van der Waals surface area (Å²) in [7, 11) is 0. The van der Waals surface area contributed by atoms with E-state index in [0.717, 1.165) is 6.08 Å². The van der Waals surface area contributed by atoms with E-state index >= 15 is 0 Å². The molecular weight excluding hydrogens is 173 g/mol. The minimum Gasteiger partial charge on any atom is -0.878 e. The molecule has 0 amide bonds. The molecule has 0 N–H and O–H groups in total. The molecule has 3 nitrogen and oxygen atoms in total. The molecule has 0 spiro atoms. The Morgan fingerprint density at radius 3 is 2.91 bits per heavy atom. The second kappa shape index (κ2) is 5.49. The number of nitrogens with zero attached hydrogens (tertiary/aromatic N) is 1. The average Bonchev–Trinajstić information content (AvgIpc) is 2.38. The van der Waals surface area contributed by atoms with Crippen LogP contribution in [0.15, 0.2) is 23.9 Å². The summed E-state index contributed by atoms with van der Waals surface area (Å²) >= 11 is 1.22. The van der Waals surface area contributed by atoms with E-state index in [1.54, 1.807) is 5.38 Å². The maximum Gasteiger partial charge on any atom is 1.00 e. The number of carbonyl (C=O) groups is 1. The molecular formula is C6H4NNaO2S. The van der Waals surface area contributed by atoms with E-state index in [2.05, 4.69) is 4.98 Å². The smallest absolute Gasteiger partial charge is 0.878 e. The fourth-order valence-electron chi connectivity index (χ4n) is 0.478. The first-order chi connectivity index (χ1) is 4.84. The Labute approximate surface area is 90.1 Å². The largest absolute Gasteiger partial charge is 1.00 e. The first kappa shape index (κ1) is 10.8. The summed E-state index contributed by atoms with van der Waals surface area (Å²) < 4.78 is 0. The third-order valence-electron chi connectivity index (χ3n) is 0.863. The van der Waals surface area contributed by atoms with Gasteiger partial charge in [-0.25, -0.2) is 4.98 Å². The average molecular weight is 177 g/mol. The number of thiazole rings is 1. The molecule has 0 aliphatic heterocycles. The number of ketones is 1. The van der Waals surface area contributed by atoms with Crippen molar-refractivity contribution < 1.29 is 39.5 Å². The van der Waals surface area contributed by atoms with E-state index < -0.39 is 0 Å². The first-order valence-electron chi connectivity index (χ1n) is 2.57. The van der Waals surface area contributed by atoms with Crippen LogP contribution in [0, 0.1) is 0 Å². The summed E-state index contributed by atoms with van der Waals surface area (Å²) in [5.41, 5.74) is 0. The van der Waals surface area contributed by atoms with Crippen molar-refractivity contribution in [2.24, 2.45) is 0 Å². The molecule has 0 aromatic carbocycles. The van der Waals surface area contributed by atoms with Gasteiger partial charge in [-0.2, -0.15) is 0 Å². The van der Waals surface area contributed by atoms with Gasteiger partial charge in [0.25, 0.3) is 0 Å². The number of rotatable bonds is 2. The summed E-state index contributed by atoms with van der Waals surface area (Å²) in [5.74, 6) is -0.329. The third kappa shape index (κ3) is 3.16. The molecule has 0 saturated heterocycles. The van der Waals surface area contributed by atoms with Gasteiger partial charge >= 0.3 is 29.6 Å². The van der Waals surface area contributed by atoms with E-state index in [0.29, 0.717) is 11.3 Å². The molecule has 0 fully saturated rings. The first-order valence-corrected chi connectivity index (χ1v) is 3.45. The summed E-state index contributed by atoms with van der Waals surface area (Å²) in [6.07, 6.45) is 2.94. The molecule has 1 aromatic rings. The maximum atomic E-state index is 10.8. The van der Waals surface area contributed by atoms with Crippen molar-refractivity contribution in [2.75, 3.05) is 0 Å². The number of allylic oxidation sites excluding steroid dienone is 1. The number of aromatic nitrogens is 1. The molecule has 1 heterocycles.